The van der Waals surface area contributed by atoms with Gasteiger partial charge in [0, 0.05) is 5.56 Å². The number of hydrogen-bond acceptors (Lipinski definition) is 6. The molecule has 1 aromatic heterocycles. The van der Waals surface area contributed by atoms with Gasteiger partial charge < -0.3 is 10.5 Å². The van der Waals surface area contributed by atoms with Gasteiger partial charge in [-0.05, 0) is 19.1 Å². The SMILES string of the molecule is Cc1cccc(Oc2nnccc2C(=N)N)c1[N+](=O)[O-]. The van der Waals surface area contributed by atoms with E-state index in [1.54, 1.807) is 19.1 Å². The largest absolute Gasteiger partial charge is 0.430 e. The summed E-state index contributed by atoms with van der Waals surface area (Å²) in [5, 5.41) is 25.8. The van der Waals surface area contributed by atoms with E-state index in [0.29, 0.717) is 5.56 Å². The minimum absolute atomic E-state index is 0.0259. The number of aromatic nitrogens is 2. The summed E-state index contributed by atoms with van der Waals surface area (Å²) in [7, 11) is 0. The molecule has 1 aromatic carbocycles. The molecule has 0 radical (unpaired) electrons. The highest BCUT2D eigenvalue weighted by Crippen LogP contribution is 2.33. The van der Waals surface area contributed by atoms with Crippen molar-refractivity contribution in [2.45, 2.75) is 6.92 Å². The van der Waals surface area contributed by atoms with Gasteiger partial charge in [-0.15, -0.1) is 5.10 Å². The molecule has 102 valence electrons. The third kappa shape index (κ3) is 2.53. The fraction of sp³-hybridized carbons (Fsp3) is 0.0833. The zero-order valence-corrected chi connectivity index (χ0v) is 10.5. The number of nitro benzene ring substituents is 1. The first-order valence-electron chi connectivity index (χ1n) is 5.58. The molecule has 0 spiro atoms. The number of rotatable bonds is 4. The number of aryl methyl sites for hydroxylation is 1. The summed E-state index contributed by atoms with van der Waals surface area (Å²) in [6.45, 7) is 1.60. The average molecular weight is 273 g/mol. The Morgan fingerprint density at radius 3 is 2.85 bits per heavy atom. The van der Waals surface area contributed by atoms with Crippen molar-refractivity contribution in [1.29, 1.82) is 5.41 Å². The maximum absolute atomic E-state index is 11.1. The average Bonchev–Trinajstić information content (AvgIpc) is 2.38. The highest BCUT2D eigenvalue weighted by molar-refractivity contribution is 5.97. The molecule has 2 rings (SSSR count). The molecule has 0 saturated carbocycles. The Labute approximate surface area is 113 Å². The van der Waals surface area contributed by atoms with Gasteiger partial charge in [0.05, 0.1) is 16.7 Å². The normalized spacial score (nSPS) is 10.1. The number of nitro groups is 1. The predicted molar refractivity (Wildman–Crippen MR) is 71.0 cm³/mol. The first-order valence-corrected chi connectivity index (χ1v) is 5.58. The van der Waals surface area contributed by atoms with E-state index >= 15 is 0 Å². The minimum Gasteiger partial charge on any atom is -0.430 e. The van der Waals surface area contributed by atoms with Crippen LogP contribution in [0.2, 0.25) is 0 Å². The Hall–Kier alpha value is -3.03. The molecule has 8 heteroatoms. The summed E-state index contributed by atoms with van der Waals surface area (Å²) in [5.74, 6) is -0.281. The van der Waals surface area contributed by atoms with Crippen molar-refractivity contribution in [1.82, 2.24) is 10.2 Å². The van der Waals surface area contributed by atoms with Crippen LogP contribution in [0.5, 0.6) is 11.6 Å². The third-order valence-electron chi connectivity index (χ3n) is 2.57. The van der Waals surface area contributed by atoms with Crippen LogP contribution < -0.4 is 10.5 Å². The summed E-state index contributed by atoms with van der Waals surface area (Å²) in [6.07, 6.45) is 1.36. The molecule has 0 fully saturated rings. The van der Waals surface area contributed by atoms with Crippen molar-refractivity contribution in [3.8, 4) is 11.6 Å². The maximum atomic E-state index is 11.1. The number of ether oxygens (including phenoxy) is 1. The fourth-order valence-corrected chi connectivity index (χ4v) is 1.65. The lowest BCUT2D eigenvalue weighted by Crippen LogP contribution is -2.13. The molecule has 0 aliphatic rings. The molecule has 0 aliphatic heterocycles. The van der Waals surface area contributed by atoms with E-state index in [1.165, 1.54) is 18.3 Å². The third-order valence-corrected chi connectivity index (χ3v) is 2.57. The second-order valence-corrected chi connectivity index (χ2v) is 3.94. The molecule has 8 nitrogen and oxygen atoms in total. The van der Waals surface area contributed by atoms with E-state index in [4.69, 9.17) is 15.9 Å². The fourth-order valence-electron chi connectivity index (χ4n) is 1.65. The maximum Gasteiger partial charge on any atom is 0.314 e. The Morgan fingerprint density at radius 2 is 2.20 bits per heavy atom. The summed E-state index contributed by atoms with van der Waals surface area (Å²) >= 11 is 0. The molecule has 0 saturated heterocycles. The van der Waals surface area contributed by atoms with Crippen molar-refractivity contribution < 1.29 is 9.66 Å². The highest BCUT2D eigenvalue weighted by atomic mass is 16.6. The van der Waals surface area contributed by atoms with Crippen LogP contribution in [0, 0.1) is 22.4 Å². The predicted octanol–water partition coefficient (Wildman–Crippen LogP) is 1.77. The molecule has 0 amide bonds. The molecule has 20 heavy (non-hydrogen) atoms. The molecule has 0 atom stereocenters. The minimum atomic E-state index is -0.533. The zero-order valence-electron chi connectivity index (χ0n) is 10.5. The van der Waals surface area contributed by atoms with E-state index in [0.717, 1.165) is 0 Å². The van der Waals surface area contributed by atoms with E-state index < -0.39 is 4.92 Å². The van der Waals surface area contributed by atoms with Gasteiger partial charge >= 0.3 is 5.69 Å². The molecule has 2 aromatic rings. The number of nitrogen functional groups attached to an aromatic ring is 1. The lowest BCUT2D eigenvalue weighted by molar-refractivity contribution is -0.386. The van der Waals surface area contributed by atoms with Crippen LogP contribution >= 0.6 is 0 Å². The Kier molecular flexibility index (Phi) is 3.56. The van der Waals surface area contributed by atoms with Gasteiger partial charge in [-0.1, -0.05) is 12.1 Å². The van der Waals surface area contributed by atoms with E-state index in [1.807, 2.05) is 0 Å². The van der Waals surface area contributed by atoms with Gasteiger partial charge in [-0.2, -0.15) is 5.10 Å². The monoisotopic (exact) mass is 273 g/mol. The molecular formula is C12H11N5O3. The van der Waals surface area contributed by atoms with Crippen LogP contribution in [0.15, 0.2) is 30.5 Å². The number of benzene rings is 1. The molecule has 3 N–H and O–H groups in total. The van der Waals surface area contributed by atoms with Crippen LogP contribution in [-0.2, 0) is 0 Å². The van der Waals surface area contributed by atoms with Crippen LogP contribution in [0.25, 0.3) is 0 Å². The molecular weight excluding hydrogens is 262 g/mol. The van der Waals surface area contributed by atoms with Crippen molar-refractivity contribution in [2.24, 2.45) is 5.73 Å². The van der Waals surface area contributed by atoms with Gasteiger partial charge in [0.1, 0.15) is 5.84 Å². The van der Waals surface area contributed by atoms with Crippen LogP contribution in [0.1, 0.15) is 11.1 Å². The van der Waals surface area contributed by atoms with Gasteiger partial charge in [0.15, 0.2) is 0 Å². The smallest absolute Gasteiger partial charge is 0.314 e. The number of para-hydroxylation sites is 1. The van der Waals surface area contributed by atoms with Gasteiger partial charge in [-0.25, -0.2) is 0 Å². The topological polar surface area (TPSA) is 128 Å². The standard InChI is InChI=1S/C12H11N5O3/c1-7-3-2-4-9(10(7)17(18)19)20-12-8(11(13)14)5-6-15-16-12/h2-6H,1H3,(H3,13,14). The second-order valence-electron chi connectivity index (χ2n) is 3.94. The molecule has 0 unspecified atom stereocenters. The number of nitrogens with zero attached hydrogens (tertiary/aromatic N) is 3. The second kappa shape index (κ2) is 5.31. The zero-order chi connectivity index (χ0) is 14.7. The summed E-state index contributed by atoms with van der Waals surface area (Å²) < 4.78 is 5.41. The Morgan fingerprint density at radius 1 is 1.45 bits per heavy atom. The Bertz CT molecular complexity index is 687. The summed E-state index contributed by atoms with van der Waals surface area (Å²) in [5.41, 5.74) is 5.92. The number of hydrogen-bond donors (Lipinski definition) is 2. The molecule has 0 bridgehead atoms. The van der Waals surface area contributed by atoms with Crippen LogP contribution in [-0.4, -0.2) is 21.0 Å². The van der Waals surface area contributed by atoms with Crippen molar-refractivity contribution >= 4 is 11.5 Å². The molecule has 1 heterocycles. The van der Waals surface area contributed by atoms with Crippen molar-refractivity contribution in [2.75, 3.05) is 0 Å². The van der Waals surface area contributed by atoms with Gasteiger partial charge in [-0.3, -0.25) is 15.5 Å². The first kappa shape index (κ1) is 13.4. The lowest BCUT2D eigenvalue weighted by atomic mass is 10.2. The first-order chi connectivity index (χ1) is 9.50. The number of nitrogens with two attached hydrogens (primary N) is 1. The summed E-state index contributed by atoms with van der Waals surface area (Å²) in [6, 6.07) is 6.13. The molecule has 0 aliphatic carbocycles. The van der Waals surface area contributed by atoms with Gasteiger partial charge in [0.25, 0.3) is 0 Å². The van der Waals surface area contributed by atoms with E-state index in [9.17, 15) is 10.1 Å². The van der Waals surface area contributed by atoms with Gasteiger partial charge in [0.2, 0.25) is 11.6 Å². The lowest BCUT2D eigenvalue weighted by Gasteiger charge is -2.09. The quantitative estimate of drug-likeness (QED) is 0.378. The van der Waals surface area contributed by atoms with Crippen molar-refractivity contribution in [3.63, 3.8) is 0 Å². The summed E-state index contributed by atoms with van der Waals surface area (Å²) in [4.78, 5) is 10.5. The Balaban J connectivity index is 2.49. The number of amidine groups is 1. The van der Waals surface area contributed by atoms with E-state index in [2.05, 4.69) is 10.2 Å². The number of nitrogens with one attached hydrogen (secondary N) is 1. The van der Waals surface area contributed by atoms with E-state index in [-0.39, 0.29) is 28.7 Å². The van der Waals surface area contributed by atoms with Crippen molar-refractivity contribution in [3.05, 3.63) is 51.7 Å². The van der Waals surface area contributed by atoms with Crippen LogP contribution in [0.3, 0.4) is 0 Å². The van der Waals surface area contributed by atoms with Crippen LogP contribution in [0.4, 0.5) is 5.69 Å². The highest BCUT2D eigenvalue weighted by Gasteiger charge is 2.20.